The minimum atomic E-state index is 0.577. The normalized spacial score (nSPS) is 16.8. The van der Waals surface area contributed by atoms with E-state index in [0.717, 1.165) is 37.2 Å². The smallest absolute Gasteiger partial charge is 0.181 e. The van der Waals surface area contributed by atoms with Crippen molar-refractivity contribution in [2.75, 3.05) is 18.8 Å². The fourth-order valence-corrected chi connectivity index (χ4v) is 3.02. The molecule has 0 amide bonds. The van der Waals surface area contributed by atoms with Gasteiger partial charge in [0.15, 0.2) is 5.13 Å². The first kappa shape index (κ1) is 14.7. The lowest BCUT2D eigenvalue weighted by Crippen LogP contribution is -2.21. The topological polar surface area (TPSA) is 42.1 Å². The van der Waals surface area contributed by atoms with Gasteiger partial charge in [-0.3, -0.25) is 0 Å². The summed E-state index contributed by atoms with van der Waals surface area (Å²) < 4.78 is 0. The monoisotopic (exact) mass is 309 g/mol. The van der Waals surface area contributed by atoms with Gasteiger partial charge in [-0.05, 0) is 36.3 Å². The van der Waals surface area contributed by atoms with E-state index in [1.807, 2.05) is 0 Å². The van der Waals surface area contributed by atoms with Gasteiger partial charge in [-0.1, -0.05) is 47.5 Å². The van der Waals surface area contributed by atoms with Gasteiger partial charge in [0.25, 0.3) is 0 Å². The van der Waals surface area contributed by atoms with Crippen LogP contribution < -0.4 is 5.73 Å². The zero-order chi connectivity index (χ0) is 15.2. The van der Waals surface area contributed by atoms with E-state index in [4.69, 9.17) is 5.73 Å². The molecular formula is C18H19N3S. The van der Waals surface area contributed by atoms with E-state index in [9.17, 15) is 0 Å². The van der Waals surface area contributed by atoms with E-state index in [1.54, 1.807) is 6.20 Å². The minimum absolute atomic E-state index is 0.577. The van der Waals surface area contributed by atoms with E-state index < -0.39 is 0 Å². The Kier molecular flexibility index (Phi) is 4.77. The number of nitrogens with zero attached hydrogens (tertiary/aromatic N) is 2. The number of rotatable bonds is 3. The van der Waals surface area contributed by atoms with Crippen LogP contribution in [0.1, 0.15) is 24.1 Å². The van der Waals surface area contributed by atoms with Crippen LogP contribution in [0.2, 0.25) is 0 Å². The number of aromatic nitrogens is 1. The summed E-state index contributed by atoms with van der Waals surface area (Å²) in [6.07, 6.45) is 18.2. The lowest BCUT2D eigenvalue weighted by atomic mass is 9.96. The summed E-state index contributed by atoms with van der Waals surface area (Å²) in [4.78, 5) is 7.22. The van der Waals surface area contributed by atoms with Crippen molar-refractivity contribution in [2.24, 2.45) is 0 Å². The Bertz CT molecular complexity index is 710. The molecule has 2 N–H and O–H groups in total. The summed E-state index contributed by atoms with van der Waals surface area (Å²) in [6, 6.07) is 0. The lowest BCUT2D eigenvalue weighted by molar-refractivity contribution is 0.420. The van der Waals surface area contributed by atoms with Gasteiger partial charge < -0.3 is 10.6 Å². The van der Waals surface area contributed by atoms with Crippen molar-refractivity contribution in [3.05, 3.63) is 58.8 Å². The Labute approximate surface area is 135 Å². The number of nitrogen functional groups attached to an aromatic ring is 1. The maximum Gasteiger partial charge on any atom is 0.181 e. The van der Waals surface area contributed by atoms with E-state index in [2.05, 4.69) is 58.3 Å². The molecule has 0 saturated carbocycles. The van der Waals surface area contributed by atoms with Gasteiger partial charge in [0.05, 0.1) is 11.1 Å². The van der Waals surface area contributed by atoms with Gasteiger partial charge in [0.1, 0.15) is 0 Å². The summed E-state index contributed by atoms with van der Waals surface area (Å²) in [5.74, 6) is 6.29. The van der Waals surface area contributed by atoms with Crippen molar-refractivity contribution in [3.63, 3.8) is 0 Å². The zero-order valence-electron chi connectivity index (χ0n) is 12.5. The van der Waals surface area contributed by atoms with Crippen molar-refractivity contribution < 1.29 is 0 Å². The van der Waals surface area contributed by atoms with E-state index in [-0.39, 0.29) is 0 Å². The molecule has 3 nitrogen and oxygen atoms in total. The maximum absolute atomic E-state index is 5.58. The quantitative estimate of drug-likeness (QED) is 0.686. The van der Waals surface area contributed by atoms with Crippen LogP contribution in [0.25, 0.3) is 0 Å². The number of hydrogen-bond donors (Lipinski definition) is 1. The van der Waals surface area contributed by atoms with Crippen LogP contribution in [0, 0.1) is 11.8 Å². The third kappa shape index (κ3) is 3.90. The van der Waals surface area contributed by atoms with Gasteiger partial charge >= 0.3 is 0 Å². The van der Waals surface area contributed by atoms with Gasteiger partial charge in [-0.25, -0.2) is 4.98 Å². The van der Waals surface area contributed by atoms with E-state index in [0.29, 0.717) is 5.13 Å². The Morgan fingerprint density at radius 2 is 2.27 bits per heavy atom. The van der Waals surface area contributed by atoms with Crippen molar-refractivity contribution in [2.45, 2.75) is 19.3 Å². The highest BCUT2D eigenvalue weighted by atomic mass is 32.1. The number of hydrogen-bond acceptors (Lipinski definition) is 4. The second-order valence-corrected chi connectivity index (χ2v) is 6.29. The third-order valence-electron chi connectivity index (χ3n) is 3.65. The van der Waals surface area contributed by atoms with Crippen LogP contribution in [0.3, 0.4) is 0 Å². The van der Waals surface area contributed by atoms with Crippen LogP contribution in [0.4, 0.5) is 5.13 Å². The summed E-state index contributed by atoms with van der Waals surface area (Å²) in [7, 11) is 0. The largest absolute Gasteiger partial charge is 0.375 e. The second kappa shape index (κ2) is 7.15. The molecule has 0 saturated heterocycles. The molecule has 22 heavy (non-hydrogen) atoms. The van der Waals surface area contributed by atoms with Gasteiger partial charge in [-0.2, -0.15) is 0 Å². The number of thiazole rings is 1. The van der Waals surface area contributed by atoms with E-state index in [1.165, 1.54) is 22.5 Å². The van der Waals surface area contributed by atoms with Crippen molar-refractivity contribution in [3.8, 4) is 11.8 Å². The lowest BCUT2D eigenvalue weighted by Gasteiger charge is -2.23. The fraction of sp³-hybridized carbons (Fsp3) is 0.278. The number of allylic oxidation sites excluding steroid dienone is 6. The molecular weight excluding hydrogens is 290 g/mol. The summed E-state index contributed by atoms with van der Waals surface area (Å²) in [5.41, 5.74) is 8.39. The molecule has 0 unspecified atom stereocenters. The Morgan fingerprint density at radius 3 is 2.95 bits per heavy atom. The predicted molar refractivity (Wildman–Crippen MR) is 93.3 cm³/mol. The van der Waals surface area contributed by atoms with Crippen molar-refractivity contribution in [1.82, 2.24) is 9.88 Å². The SMILES string of the molecule is Nc1ncc(C#CCCN2C=CC(C3=CCC=CC3)=CC2)s1. The first-order chi connectivity index (χ1) is 10.8. The van der Waals surface area contributed by atoms with Crippen LogP contribution in [-0.2, 0) is 0 Å². The van der Waals surface area contributed by atoms with Crippen LogP contribution in [0.5, 0.6) is 0 Å². The Balaban J connectivity index is 1.46. The maximum atomic E-state index is 5.58. The first-order valence-corrected chi connectivity index (χ1v) is 8.30. The fourth-order valence-electron chi connectivity index (χ4n) is 2.46. The molecule has 0 aromatic carbocycles. The molecule has 0 radical (unpaired) electrons. The molecule has 1 aliphatic heterocycles. The highest BCUT2D eigenvalue weighted by Gasteiger charge is 2.08. The summed E-state index contributed by atoms with van der Waals surface area (Å²) in [5, 5.41) is 0.577. The standard InChI is InChI=1S/C18H19N3S/c19-18-20-14-17(22-18)8-4-5-11-21-12-9-16(10-13-21)15-6-2-1-3-7-15/h1-2,7,9-10,12,14H,3,5-6,11,13H2,(H2,19,20). The molecule has 0 atom stereocenters. The molecule has 1 aromatic rings. The molecule has 0 bridgehead atoms. The molecule has 4 heteroatoms. The Morgan fingerprint density at radius 1 is 1.32 bits per heavy atom. The third-order valence-corrected chi connectivity index (χ3v) is 4.39. The number of anilines is 1. The minimum Gasteiger partial charge on any atom is -0.375 e. The number of nitrogens with two attached hydrogens (primary N) is 1. The molecule has 1 aliphatic carbocycles. The van der Waals surface area contributed by atoms with Crippen LogP contribution in [0.15, 0.2) is 53.9 Å². The molecule has 3 rings (SSSR count). The zero-order valence-corrected chi connectivity index (χ0v) is 13.3. The molecule has 1 aromatic heterocycles. The average molecular weight is 309 g/mol. The highest BCUT2D eigenvalue weighted by Crippen LogP contribution is 2.23. The Hall–Kier alpha value is -2.25. The molecule has 2 aliphatic rings. The molecule has 0 spiro atoms. The first-order valence-electron chi connectivity index (χ1n) is 7.48. The van der Waals surface area contributed by atoms with Gasteiger partial charge in [0, 0.05) is 19.5 Å². The molecule has 2 heterocycles. The van der Waals surface area contributed by atoms with Gasteiger partial charge in [-0.15, -0.1) is 0 Å². The predicted octanol–water partition coefficient (Wildman–Crippen LogP) is 3.50. The molecule has 112 valence electrons. The van der Waals surface area contributed by atoms with Crippen molar-refractivity contribution >= 4 is 16.5 Å². The van der Waals surface area contributed by atoms with Gasteiger partial charge in [0.2, 0.25) is 0 Å². The summed E-state index contributed by atoms with van der Waals surface area (Å²) >= 11 is 1.43. The summed E-state index contributed by atoms with van der Waals surface area (Å²) in [6.45, 7) is 1.91. The van der Waals surface area contributed by atoms with Crippen LogP contribution in [-0.4, -0.2) is 23.0 Å². The van der Waals surface area contributed by atoms with Crippen LogP contribution >= 0.6 is 11.3 Å². The highest BCUT2D eigenvalue weighted by molar-refractivity contribution is 7.15. The van der Waals surface area contributed by atoms with E-state index >= 15 is 0 Å². The van der Waals surface area contributed by atoms with Crippen molar-refractivity contribution in [1.29, 1.82) is 0 Å². The molecule has 0 fully saturated rings. The second-order valence-electron chi connectivity index (χ2n) is 5.23. The average Bonchev–Trinajstić information content (AvgIpc) is 2.98.